The van der Waals surface area contributed by atoms with Gasteiger partial charge in [-0.2, -0.15) is 0 Å². The lowest BCUT2D eigenvalue weighted by atomic mass is 10.0. The van der Waals surface area contributed by atoms with Crippen molar-refractivity contribution in [2.24, 2.45) is 0 Å². The summed E-state index contributed by atoms with van der Waals surface area (Å²) >= 11 is 0. The largest absolute Gasteiger partial charge is 0.356 e. The number of carbonyl (C=O) groups excluding carboxylic acids is 1. The molecule has 4 rings (SSSR count). The number of halogens is 1. The van der Waals surface area contributed by atoms with E-state index in [1.165, 1.54) is 6.07 Å². The van der Waals surface area contributed by atoms with E-state index >= 15 is 0 Å². The van der Waals surface area contributed by atoms with Crippen LogP contribution in [0.15, 0.2) is 48.7 Å². The fourth-order valence-corrected chi connectivity index (χ4v) is 3.55. The first-order chi connectivity index (χ1) is 13.0. The molecule has 0 spiro atoms. The molecule has 27 heavy (non-hydrogen) atoms. The third kappa shape index (κ3) is 3.16. The third-order valence-corrected chi connectivity index (χ3v) is 4.95. The molecule has 0 aliphatic heterocycles. The maximum Gasteiger partial charge on any atom is 0.269 e. The van der Waals surface area contributed by atoms with E-state index in [4.69, 9.17) is 0 Å². The number of nitrogens with one attached hydrogen (secondary N) is 2. The zero-order valence-electron chi connectivity index (χ0n) is 15.3. The minimum absolute atomic E-state index is 0.207. The number of nitrogens with zero attached hydrogens (tertiary/aromatic N) is 1. The number of aryl methyl sites for hydroxylation is 2. The summed E-state index contributed by atoms with van der Waals surface area (Å²) in [6.07, 6.45) is 2.33. The molecule has 0 aliphatic rings. The number of amides is 1. The van der Waals surface area contributed by atoms with Crippen molar-refractivity contribution in [3.05, 3.63) is 77.0 Å². The van der Waals surface area contributed by atoms with Crippen molar-refractivity contribution in [1.82, 2.24) is 15.3 Å². The summed E-state index contributed by atoms with van der Waals surface area (Å²) in [5.74, 6) is -0.463. The minimum atomic E-state index is -0.255. The Morgan fingerprint density at radius 3 is 2.74 bits per heavy atom. The van der Waals surface area contributed by atoms with E-state index in [1.807, 2.05) is 38.1 Å². The van der Waals surface area contributed by atoms with E-state index in [1.54, 1.807) is 18.3 Å². The molecule has 2 aromatic carbocycles. The Bertz CT molecular complexity index is 1160. The average Bonchev–Trinajstić information content (AvgIpc) is 3.02. The Hall–Kier alpha value is -3.21. The van der Waals surface area contributed by atoms with E-state index < -0.39 is 0 Å². The van der Waals surface area contributed by atoms with Crippen molar-refractivity contribution in [2.45, 2.75) is 20.3 Å². The molecular formula is C22H20FN3O. The van der Waals surface area contributed by atoms with Crippen LogP contribution in [-0.2, 0) is 6.42 Å². The molecule has 0 saturated heterocycles. The van der Waals surface area contributed by atoms with E-state index in [0.29, 0.717) is 24.2 Å². The maximum atomic E-state index is 14.0. The van der Waals surface area contributed by atoms with Gasteiger partial charge in [-0.15, -0.1) is 0 Å². The molecule has 0 aliphatic carbocycles. The molecule has 1 amide bonds. The zero-order chi connectivity index (χ0) is 19.0. The molecule has 0 fully saturated rings. The van der Waals surface area contributed by atoms with Crippen molar-refractivity contribution in [2.75, 3.05) is 6.54 Å². The summed E-state index contributed by atoms with van der Waals surface area (Å²) in [7, 11) is 0. The highest BCUT2D eigenvalue weighted by molar-refractivity contribution is 5.96. The van der Waals surface area contributed by atoms with Gasteiger partial charge in [-0.05, 0) is 48.9 Å². The van der Waals surface area contributed by atoms with Crippen molar-refractivity contribution in [3.8, 4) is 0 Å². The van der Waals surface area contributed by atoms with Gasteiger partial charge >= 0.3 is 0 Å². The van der Waals surface area contributed by atoms with Gasteiger partial charge in [-0.1, -0.05) is 30.3 Å². The second-order valence-corrected chi connectivity index (χ2v) is 6.77. The third-order valence-electron chi connectivity index (χ3n) is 4.95. The van der Waals surface area contributed by atoms with Gasteiger partial charge < -0.3 is 10.3 Å². The quantitative estimate of drug-likeness (QED) is 0.564. The molecule has 0 atom stereocenters. The lowest BCUT2D eigenvalue weighted by Crippen LogP contribution is -2.26. The highest BCUT2D eigenvalue weighted by Gasteiger charge is 2.14. The van der Waals surface area contributed by atoms with Crippen LogP contribution in [-0.4, -0.2) is 22.4 Å². The number of rotatable bonds is 4. The number of aromatic amines is 1. The lowest BCUT2D eigenvalue weighted by Gasteiger charge is -2.07. The van der Waals surface area contributed by atoms with E-state index in [0.717, 1.165) is 33.0 Å². The van der Waals surface area contributed by atoms with Crippen LogP contribution in [0.4, 0.5) is 4.39 Å². The second kappa shape index (κ2) is 6.83. The Balaban J connectivity index is 1.51. The van der Waals surface area contributed by atoms with Gasteiger partial charge in [0.15, 0.2) is 0 Å². The summed E-state index contributed by atoms with van der Waals surface area (Å²) in [6, 6.07) is 12.9. The number of hydrogen-bond donors (Lipinski definition) is 2. The number of pyridine rings is 1. The maximum absolute atomic E-state index is 14.0. The van der Waals surface area contributed by atoms with Gasteiger partial charge in [0.25, 0.3) is 5.91 Å². The van der Waals surface area contributed by atoms with Crippen LogP contribution in [0, 0.1) is 19.7 Å². The predicted molar refractivity (Wildman–Crippen MR) is 106 cm³/mol. The summed E-state index contributed by atoms with van der Waals surface area (Å²) < 4.78 is 14.0. The number of hydrogen-bond acceptors (Lipinski definition) is 2. The van der Waals surface area contributed by atoms with Crippen LogP contribution < -0.4 is 5.32 Å². The zero-order valence-corrected chi connectivity index (χ0v) is 15.3. The first kappa shape index (κ1) is 17.2. The number of H-pyrrole nitrogens is 1. The van der Waals surface area contributed by atoms with Gasteiger partial charge in [-0.25, -0.2) is 4.39 Å². The van der Waals surface area contributed by atoms with Crippen molar-refractivity contribution in [3.63, 3.8) is 0 Å². The molecule has 0 saturated carbocycles. The Morgan fingerprint density at radius 2 is 1.93 bits per heavy atom. The summed E-state index contributed by atoms with van der Waals surface area (Å²) in [5.41, 5.74) is 3.91. The molecule has 2 aromatic heterocycles. The van der Waals surface area contributed by atoms with Crippen molar-refractivity contribution < 1.29 is 9.18 Å². The Kier molecular flexibility index (Phi) is 4.36. The topological polar surface area (TPSA) is 57.8 Å². The Labute approximate surface area is 156 Å². The Morgan fingerprint density at radius 1 is 1.15 bits per heavy atom. The van der Waals surface area contributed by atoms with E-state index in [9.17, 15) is 9.18 Å². The normalized spacial score (nSPS) is 11.2. The van der Waals surface area contributed by atoms with Gasteiger partial charge in [0.2, 0.25) is 0 Å². The molecule has 0 radical (unpaired) electrons. The molecule has 5 heteroatoms. The van der Waals surface area contributed by atoms with Crippen LogP contribution in [0.2, 0.25) is 0 Å². The van der Waals surface area contributed by atoms with Crippen molar-refractivity contribution >= 4 is 27.6 Å². The molecule has 2 heterocycles. The van der Waals surface area contributed by atoms with Gasteiger partial charge in [-0.3, -0.25) is 9.78 Å². The summed E-state index contributed by atoms with van der Waals surface area (Å²) in [4.78, 5) is 19.8. The van der Waals surface area contributed by atoms with E-state index in [-0.39, 0.29) is 11.7 Å². The van der Waals surface area contributed by atoms with Gasteiger partial charge in [0, 0.05) is 29.2 Å². The van der Waals surface area contributed by atoms with Gasteiger partial charge in [0.1, 0.15) is 11.5 Å². The molecule has 4 aromatic rings. The second-order valence-electron chi connectivity index (χ2n) is 6.77. The summed E-state index contributed by atoms with van der Waals surface area (Å²) in [5, 5.41) is 5.81. The van der Waals surface area contributed by atoms with Crippen LogP contribution in [0.3, 0.4) is 0 Å². The van der Waals surface area contributed by atoms with Gasteiger partial charge in [0.05, 0.1) is 5.52 Å². The van der Waals surface area contributed by atoms with Crippen molar-refractivity contribution in [1.29, 1.82) is 0 Å². The molecule has 2 N–H and O–H groups in total. The molecular weight excluding hydrogens is 341 g/mol. The minimum Gasteiger partial charge on any atom is -0.356 e. The monoisotopic (exact) mass is 361 g/mol. The molecule has 4 nitrogen and oxygen atoms in total. The lowest BCUT2D eigenvalue weighted by molar-refractivity contribution is 0.0949. The number of aromatic nitrogens is 2. The molecule has 0 bridgehead atoms. The molecule has 0 unspecified atom stereocenters. The van der Waals surface area contributed by atoms with Crippen LogP contribution in [0.1, 0.15) is 27.3 Å². The van der Waals surface area contributed by atoms with Crippen LogP contribution >= 0.6 is 0 Å². The van der Waals surface area contributed by atoms with Crippen LogP contribution in [0.5, 0.6) is 0 Å². The fraction of sp³-hybridized carbons (Fsp3) is 0.182. The highest BCUT2D eigenvalue weighted by Crippen LogP contribution is 2.27. The first-order valence-corrected chi connectivity index (χ1v) is 8.94. The fourth-order valence-electron chi connectivity index (χ4n) is 3.55. The SMILES string of the molecule is Cc1[nH]c2c(F)ccc(C)c2c1CCNC(=O)c1cc2ccccc2cn1. The highest BCUT2D eigenvalue weighted by atomic mass is 19.1. The van der Waals surface area contributed by atoms with Crippen LogP contribution in [0.25, 0.3) is 21.7 Å². The van der Waals surface area contributed by atoms with E-state index in [2.05, 4.69) is 15.3 Å². The average molecular weight is 361 g/mol. The number of fused-ring (bicyclic) bond motifs is 2. The predicted octanol–water partition coefficient (Wildman–Crippen LogP) is 4.44. The number of carbonyl (C=O) groups is 1. The summed E-state index contributed by atoms with van der Waals surface area (Å²) in [6.45, 7) is 4.36. The smallest absolute Gasteiger partial charge is 0.269 e. The standard InChI is InChI=1S/C22H20FN3O/c1-13-7-8-18(23)21-20(13)17(14(2)26-21)9-10-24-22(27)19-11-15-5-3-4-6-16(15)12-25-19/h3-8,11-12,26H,9-10H2,1-2H3,(H,24,27). The first-order valence-electron chi connectivity index (χ1n) is 8.94. The number of benzene rings is 2. The molecule has 136 valence electrons.